The number of pyridine rings is 1. The first kappa shape index (κ1) is 32.7. The lowest BCUT2D eigenvalue weighted by atomic mass is 10.1. The lowest BCUT2D eigenvalue weighted by molar-refractivity contribution is -0.139. The molecule has 2 unspecified atom stereocenters. The Morgan fingerprint density at radius 2 is 1.89 bits per heavy atom. The van der Waals surface area contributed by atoms with Crippen LogP contribution in [-0.2, 0) is 25.5 Å². The van der Waals surface area contributed by atoms with Gasteiger partial charge in [-0.15, -0.1) is 0 Å². The molecular weight excluding hydrogens is 629 g/mol. The van der Waals surface area contributed by atoms with Crippen LogP contribution in [0.25, 0.3) is 5.69 Å². The molecule has 1 aliphatic heterocycles. The highest BCUT2D eigenvalue weighted by molar-refractivity contribution is 7.92. The van der Waals surface area contributed by atoms with Crippen LogP contribution in [0.4, 0.5) is 23.8 Å². The Morgan fingerprint density at radius 1 is 1.20 bits per heavy atom. The van der Waals surface area contributed by atoms with E-state index in [1.165, 1.54) is 27.9 Å². The van der Waals surface area contributed by atoms with Gasteiger partial charge in [-0.1, -0.05) is 26.0 Å². The summed E-state index contributed by atoms with van der Waals surface area (Å²) in [5, 5.41) is 15.2. The summed E-state index contributed by atoms with van der Waals surface area (Å²) in [6, 6.07) is 8.75. The summed E-state index contributed by atoms with van der Waals surface area (Å²) in [5.41, 5.74) is -2.57. The van der Waals surface area contributed by atoms with Crippen molar-refractivity contribution in [3.63, 3.8) is 0 Å². The molecule has 3 heterocycles. The van der Waals surface area contributed by atoms with Gasteiger partial charge in [0.05, 0.1) is 39.8 Å². The van der Waals surface area contributed by atoms with Gasteiger partial charge in [-0.3, -0.25) is 9.59 Å². The average Bonchev–Trinajstić information content (AvgIpc) is 3.43. The van der Waals surface area contributed by atoms with Gasteiger partial charge in [0.25, 0.3) is 5.56 Å². The minimum absolute atomic E-state index is 0.0386. The summed E-state index contributed by atoms with van der Waals surface area (Å²) >= 11 is 0. The molecule has 2 aliphatic rings. The molecule has 3 aromatic rings. The number of carbonyl (C=O) groups is 2. The lowest BCUT2D eigenvalue weighted by Gasteiger charge is -2.27. The molecule has 2 aromatic heterocycles. The zero-order chi connectivity index (χ0) is 33.6. The van der Waals surface area contributed by atoms with E-state index in [2.05, 4.69) is 10.4 Å². The maximum atomic E-state index is 13.8. The Balaban J connectivity index is 1.54. The van der Waals surface area contributed by atoms with Gasteiger partial charge in [0.2, 0.25) is 5.91 Å². The zero-order valence-corrected chi connectivity index (χ0v) is 25.9. The highest BCUT2D eigenvalue weighted by Gasteiger charge is 2.51. The summed E-state index contributed by atoms with van der Waals surface area (Å²) < 4.78 is 76.3. The summed E-state index contributed by atoms with van der Waals surface area (Å²) in [4.78, 5) is 39.4. The van der Waals surface area contributed by atoms with Crippen molar-refractivity contribution in [2.75, 3.05) is 18.1 Å². The van der Waals surface area contributed by atoms with Crippen molar-refractivity contribution in [1.82, 2.24) is 19.7 Å². The molecule has 46 heavy (non-hydrogen) atoms. The van der Waals surface area contributed by atoms with Crippen LogP contribution in [0.1, 0.15) is 44.4 Å². The number of nitrogens with one attached hydrogen (secondary N) is 1. The third kappa shape index (κ3) is 6.37. The molecule has 1 aliphatic carbocycles. The fraction of sp³-hybridized carbons (Fsp3) is 0.433. The topological polar surface area (TPSA) is 156 Å². The molecule has 0 spiro atoms. The molecule has 2 fully saturated rings. The van der Waals surface area contributed by atoms with Crippen molar-refractivity contribution in [3.05, 3.63) is 70.3 Å². The van der Waals surface area contributed by atoms with Crippen LogP contribution in [0.3, 0.4) is 0 Å². The number of halogens is 3. The minimum atomic E-state index is -4.94. The molecule has 0 radical (unpaired) electrons. The molecule has 16 heteroatoms. The van der Waals surface area contributed by atoms with E-state index in [-0.39, 0.29) is 30.5 Å². The van der Waals surface area contributed by atoms with Crippen LogP contribution >= 0.6 is 0 Å². The Labute approximate surface area is 262 Å². The Kier molecular flexibility index (Phi) is 8.49. The van der Waals surface area contributed by atoms with Crippen molar-refractivity contribution >= 4 is 27.7 Å². The third-order valence-electron chi connectivity index (χ3n) is 7.82. The van der Waals surface area contributed by atoms with Crippen LogP contribution in [0.2, 0.25) is 0 Å². The second-order valence-electron chi connectivity index (χ2n) is 11.9. The number of nitriles is 1. The van der Waals surface area contributed by atoms with Gasteiger partial charge in [-0.2, -0.15) is 23.5 Å². The average molecular weight is 661 g/mol. The van der Waals surface area contributed by atoms with Gasteiger partial charge >= 0.3 is 12.3 Å². The van der Waals surface area contributed by atoms with Crippen LogP contribution in [0, 0.1) is 24.2 Å². The molecule has 1 saturated heterocycles. The van der Waals surface area contributed by atoms with Crippen molar-refractivity contribution in [2.24, 2.45) is 5.92 Å². The van der Waals surface area contributed by atoms with E-state index in [9.17, 15) is 41.2 Å². The van der Waals surface area contributed by atoms with Gasteiger partial charge in [0.15, 0.2) is 9.84 Å². The molecule has 0 bridgehead atoms. The number of benzene rings is 1. The predicted molar refractivity (Wildman–Crippen MR) is 158 cm³/mol. The smallest absolute Gasteiger partial charge is 0.420 e. The first-order chi connectivity index (χ1) is 21.6. The number of amides is 1. The SMILES string of the molecule is Cc1cc(N2CC(S(=O)(=O)c3ccccc3C(F)(F)F)CC2C(=O)NC2(C#N)CC2)n(-c2ccn(C(=O)OCC(C)C)c(=O)c2)n1. The van der Waals surface area contributed by atoms with E-state index in [1.54, 1.807) is 13.0 Å². The highest BCUT2D eigenvalue weighted by Crippen LogP contribution is 2.40. The normalized spacial score (nSPS) is 19.1. The Hall–Kier alpha value is -4.65. The molecule has 1 N–H and O–H groups in total. The van der Waals surface area contributed by atoms with Crippen molar-refractivity contribution in [1.29, 1.82) is 5.26 Å². The number of carbonyl (C=O) groups excluding carboxylic acids is 2. The number of nitrogens with zero attached hydrogens (tertiary/aromatic N) is 5. The Bertz CT molecular complexity index is 1890. The van der Waals surface area contributed by atoms with E-state index >= 15 is 0 Å². The number of alkyl halides is 3. The predicted octanol–water partition coefficient (Wildman–Crippen LogP) is 3.60. The first-order valence-electron chi connectivity index (χ1n) is 14.4. The van der Waals surface area contributed by atoms with E-state index in [1.807, 2.05) is 19.9 Å². The molecule has 1 amide bonds. The second-order valence-corrected chi connectivity index (χ2v) is 14.1. The lowest BCUT2D eigenvalue weighted by Crippen LogP contribution is -2.48. The summed E-state index contributed by atoms with van der Waals surface area (Å²) in [6.45, 7) is 5.00. The van der Waals surface area contributed by atoms with Gasteiger partial charge in [0, 0.05) is 24.9 Å². The minimum Gasteiger partial charge on any atom is -0.449 e. The maximum Gasteiger partial charge on any atom is 0.420 e. The van der Waals surface area contributed by atoms with Gasteiger partial charge in [-0.05, 0) is 50.3 Å². The number of aromatic nitrogens is 3. The van der Waals surface area contributed by atoms with Gasteiger partial charge < -0.3 is 15.0 Å². The molecule has 1 aromatic carbocycles. The summed E-state index contributed by atoms with van der Waals surface area (Å²) in [5.74, 6) is -0.452. The molecule has 2 atom stereocenters. The second kappa shape index (κ2) is 11.9. The highest BCUT2D eigenvalue weighted by atomic mass is 32.2. The number of aryl methyl sites for hydroxylation is 1. The van der Waals surface area contributed by atoms with E-state index in [0.717, 1.165) is 22.8 Å². The van der Waals surface area contributed by atoms with Gasteiger partial charge in [0.1, 0.15) is 17.4 Å². The molecule has 5 rings (SSSR count). The Morgan fingerprint density at radius 3 is 2.50 bits per heavy atom. The summed E-state index contributed by atoms with van der Waals surface area (Å²) in [7, 11) is -4.64. The summed E-state index contributed by atoms with van der Waals surface area (Å²) in [6.07, 6.45) is -4.21. The first-order valence-corrected chi connectivity index (χ1v) is 16.0. The van der Waals surface area contributed by atoms with Crippen molar-refractivity contribution < 1.29 is 35.9 Å². The largest absolute Gasteiger partial charge is 0.449 e. The van der Waals surface area contributed by atoms with E-state index < -0.39 is 67.4 Å². The number of sulfone groups is 1. The standard InChI is InChI=1S/C30H31F3N6O6S/c1-18(2)16-45-28(42)37-11-8-20(13-26(37)40)39-25(12-19(3)36-39)38-15-21(14-23(38)27(41)35-29(17-34)9-10-29)46(43,44)24-7-5-4-6-22(24)30(31,32)33/h4-8,11-13,18,21,23H,9-10,14-16H2,1-3H3,(H,35,41). The fourth-order valence-corrected chi connectivity index (χ4v) is 7.21. The van der Waals surface area contributed by atoms with Crippen LogP contribution in [-0.4, -0.2) is 64.7 Å². The number of hydrogen-bond donors (Lipinski definition) is 1. The van der Waals surface area contributed by atoms with Crippen molar-refractivity contribution in [3.8, 4) is 11.8 Å². The van der Waals surface area contributed by atoms with Crippen molar-refractivity contribution in [2.45, 2.75) is 67.9 Å². The monoisotopic (exact) mass is 660 g/mol. The zero-order valence-electron chi connectivity index (χ0n) is 25.1. The fourth-order valence-electron chi connectivity index (χ4n) is 5.30. The van der Waals surface area contributed by atoms with Crippen LogP contribution in [0.15, 0.2) is 58.4 Å². The quantitative estimate of drug-likeness (QED) is 0.382. The maximum absolute atomic E-state index is 13.8. The number of ether oxygens (including phenoxy) is 1. The number of rotatable bonds is 8. The number of anilines is 1. The van der Waals surface area contributed by atoms with Crippen LogP contribution in [0.5, 0.6) is 0 Å². The molecule has 12 nitrogen and oxygen atoms in total. The number of hydrogen-bond acceptors (Lipinski definition) is 9. The van der Waals surface area contributed by atoms with Gasteiger partial charge in [-0.25, -0.2) is 22.5 Å². The molecule has 1 saturated carbocycles. The molecule has 244 valence electrons. The van der Waals surface area contributed by atoms with E-state index in [0.29, 0.717) is 24.6 Å². The third-order valence-corrected chi connectivity index (χ3v) is 10.0. The van der Waals surface area contributed by atoms with Crippen LogP contribution < -0.4 is 15.8 Å². The molecular formula is C30H31F3N6O6S. The van der Waals surface area contributed by atoms with E-state index in [4.69, 9.17) is 4.74 Å².